The Morgan fingerprint density at radius 2 is 1.95 bits per heavy atom. The van der Waals surface area contributed by atoms with Crippen LogP contribution in [0.2, 0.25) is 10.0 Å². The predicted octanol–water partition coefficient (Wildman–Crippen LogP) is 4.16. The van der Waals surface area contributed by atoms with Crippen LogP contribution in [0.15, 0.2) is 34.9 Å². The number of carboxylic acid groups (broad SMARTS) is 1. The first-order valence-electron chi connectivity index (χ1n) is 5.70. The molecule has 0 amide bonds. The highest BCUT2D eigenvalue weighted by molar-refractivity contribution is 9.10. The minimum absolute atomic E-state index is 0.0526. The number of aromatic carboxylic acids is 1. The molecule has 0 saturated heterocycles. The molecule has 0 saturated carbocycles. The lowest BCUT2D eigenvalue weighted by atomic mass is 10.2. The summed E-state index contributed by atoms with van der Waals surface area (Å²) in [5, 5.41) is 17.9. The van der Waals surface area contributed by atoms with Gasteiger partial charge in [-0.3, -0.25) is 4.40 Å². The lowest BCUT2D eigenvalue weighted by Gasteiger charge is -2.04. The number of hydrogen-bond donors (Lipinski definition) is 1. The van der Waals surface area contributed by atoms with Crippen molar-refractivity contribution in [1.82, 2.24) is 14.6 Å². The van der Waals surface area contributed by atoms with Gasteiger partial charge in [-0.05, 0) is 40.2 Å². The van der Waals surface area contributed by atoms with Crippen LogP contribution in [-0.2, 0) is 0 Å². The number of fused-ring (bicyclic) bond motifs is 1. The van der Waals surface area contributed by atoms with Gasteiger partial charge < -0.3 is 5.11 Å². The van der Waals surface area contributed by atoms with Crippen molar-refractivity contribution in [2.45, 2.75) is 0 Å². The average Bonchev–Trinajstić information content (AvgIpc) is 2.86. The quantitative estimate of drug-likeness (QED) is 0.717. The minimum Gasteiger partial charge on any atom is -0.478 e. The van der Waals surface area contributed by atoms with E-state index < -0.39 is 5.97 Å². The van der Waals surface area contributed by atoms with Gasteiger partial charge in [-0.2, -0.15) is 0 Å². The molecule has 0 aliphatic rings. The van der Waals surface area contributed by atoms with E-state index in [0.717, 1.165) is 4.47 Å². The van der Waals surface area contributed by atoms with E-state index in [0.29, 0.717) is 22.1 Å². The third-order valence-corrected chi connectivity index (χ3v) is 4.40. The fourth-order valence-corrected chi connectivity index (χ4v) is 2.58. The third-order valence-electron chi connectivity index (χ3n) is 2.88. The number of halogens is 3. The highest BCUT2D eigenvalue weighted by Gasteiger charge is 2.15. The van der Waals surface area contributed by atoms with Crippen LogP contribution in [0.5, 0.6) is 0 Å². The van der Waals surface area contributed by atoms with Crippen molar-refractivity contribution < 1.29 is 9.90 Å². The van der Waals surface area contributed by atoms with Gasteiger partial charge in [-0.25, -0.2) is 4.79 Å². The van der Waals surface area contributed by atoms with Crippen molar-refractivity contribution in [3.05, 3.63) is 50.5 Å². The lowest BCUT2D eigenvalue weighted by Crippen LogP contribution is -2.00. The zero-order chi connectivity index (χ0) is 15.1. The SMILES string of the molecule is O=C(O)c1cc(Cl)c2nnc(-c3ccc(Br)c(Cl)c3)n2c1. The number of benzene rings is 1. The van der Waals surface area contributed by atoms with E-state index >= 15 is 0 Å². The summed E-state index contributed by atoms with van der Waals surface area (Å²) in [5.41, 5.74) is 1.14. The molecule has 3 aromatic rings. The van der Waals surface area contributed by atoms with E-state index in [1.165, 1.54) is 16.7 Å². The van der Waals surface area contributed by atoms with Crippen LogP contribution < -0.4 is 0 Å². The zero-order valence-corrected chi connectivity index (χ0v) is 13.3. The van der Waals surface area contributed by atoms with Gasteiger partial charge in [0.05, 0.1) is 15.6 Å². The standard InChI is InChI=1S/C13H6BrCl2N3O2/c14-8-2-1-6(3-9(8)15)11-17-18-12-10(16)4-7(13(20)21)5-19(11)12/h1-5H,(H,20,21). The summed E-state index contributed by atoms with van der Waals surface area (Å²) < 4.78 is 2.29. The summed E-state index contributed by atoms with van der Waals surface area (Å²) in [4.78, 5) is 11.1. The maximum atomic E-state index is 11.1. The first-order chi connectivity index (χ1) is 9.97. The summed E-state index contributed by atoms with van der Waals surface area (Å²) in [7, 11) is 0. The Labute approximate surface area is 137 Å². The molecule has 0 aliphatic heterocycles. The Bertz CT molecular complexity index is 879. The monoisotopic (exact) mass is 385 g/mol. The first kappa shape index (κ1) is 14.3. The van der Waals surface area contributed by atoms with Gasteiger partial charge >= 0.3 is 5.97 Å². The van der Waals surface area contributed by atoms with Crippen molar-refractivity contribution in [3.8, 4) is 11.4 Å². The van der Waals surface area contributed by atoms with Crippen molar-refractivity contribution in [2.24, 2.45) is 0 Å². The van der Waals surface area contributed by atoms with E-state index in [9.17, 15) is 4.79 Å². The summed E-state index contributed by atoms with van der Waals surface area (Å²) in [6.07, 6.45) is 1.43. The molecular weight excluding hydrogens is 381 g/mol. The maximum absolute atomic E-state index is 11.1. The second-order valence-electron chi connectivity index (χ2n) is 4.23. The van der Waals surface area contributed by atoms with Gasteiger partial charge in [0.25, 0.3) is 0 Å². The largest absolute Gasteiger partial charge is 0.478 e. The molecule has 2 heterocycles. The van der Waals surface area contributed by atoms with Crippen LogP contribution >= 0.6 is 39.1 Å². The van der Waals surface area contributed by atoms with Gasteiger partial charge in [0, 0.05) is 16.2 Å². The van der Waals surface area contributed by atoms with Crippen molar-refractivity contribution in [3.63, 3.8) is 0 Å². The Morgan fingerprint density at radius 1 is 1.19 bits per heavy atom. The highest BCUT2D eigenvalue weighted by atomic mass is 79.9. The Morgan fingerprint density at radius 3 is 2.62 bits per heavy atom. The van der Waals surface area contributed by atoms with Crippen LogP contribution in [0.3, 0.4) is 0 Å². The third kappa shape index (κ3) is 2.50. The van der Waals surface area contributed by atoms with Gasteiger partial charge in [-0.1, -0.05) is 23.2 Å². The smallest absolute Gasteiger partial charge is 0.337 e. The topological polar surface area (TPSA) is 67.5 Å². The zero-order valence-electron chi connectivity index (χ0n) is 10.2. The Kier molecular flexibility index (Phi) is 3.61. The molecule has 1 aromatic carbocycles. The molecule has 21 heavy (non-hydrogen) atoms. The second kappa shape index (κ2) is 5.29. The molecule has 0 fully saturated rings. The fourth-order valence-electron chi connectivity index (χ4n) is 1.90. The number of pyridine rings is 1. The normalized spacial score (nSPS) is 11.0. The summed E-state index contributed by atoms with van der Waals surface area (Å²) in [6, 6.07) is 6.63. The van der Waals surface area contributed by atoms with Crippen molar-refractivity contribution >= 4 is 50.7 Å². The Balaban J connectivity index is 2.27. The lowest BCUT2D eigenvalue weighted by molar-refractivity contribution is 0.0696. The molecule has 0 spiro atoms. The highest BCUT2D eigenvalue weighted by Crippen LogP contribution is 2.29. The molecule has 0 unspecified atom stereocenters. The van der Waals surface area contributed by atoms with Crippen LogP contribution in [0.4, 0.5) is 0 Å². The predicted molar refractivity (Wildman–Crippen MR) is 83.1 cm³/mol. The van der Waals surface area contributed by atoms with E-state index in [1.54, 1.807) is 18.2 Å². The number of carbonyl (C=O) groups is 1. The molecule has 0 aliphatic carbocycles. The number of carboxylic acids is 1. The minimum atomic E-state index is -1.08. The van der Waals surface area contributed by atoms with E-state index in [1.807, 2.05) is 0 Å². The van der Waals surface area contributed by atoms with Gasteiger partial charge in [0.15, 0.2) is 11.5 Å². The molecule has 2 aromatic heterocycles. The molecule has 0 atom stereocenters. The number of hydrogen-bond acceptors (Lipinski definition) is 3. The fraction of sp³-hybridized carbons (Fsp3) is 0. The Hall–Kier alpha value is -1.63. The van der Waals surface area contributed by atoms with Gasteiger partial charge in [0.1, 0.15) is 0 Å². The van der Waals surface area contributed by atoms with Crippen LogP contribution in [0.25, 0.3) is 17.0 Å². The molecule has 1 N–H and O–H groups in total. The summed E-state index contributed by atoms with van der Waals surface area (Å²) >= 11 is 15.4. The van der Waals surface area contributed by atoms with E-state index in [2.05, 4.69) is 26.1 Å². The molecule has 106 valence electrons. The van der Waals surface area contributed by atoms with Gasteiger partial charge in [-0.15, -0.1) is 10.2 Å². The molecule has 5 nitrogen and oxygen atoms in total. The molecule has 8 heteroatoms. The summed E-state index contributed by atoms with van der Waals surface area (Å²) in [5.74, 6) is -0.614. The summed E-state index contributed by atoms with van der Waals surface area (Å²) in [6.45, 7) is 0. The van der Waals surface area contributed by atoms with Crippen molar-refractivity contribution in [2.75, 3.05) is 0 Å². The first-order valence-corrected chi connectivity index (χ1v) is 7.25. The van der Waals surface area contributed by atoms with Crippen LogP contribution in [0, 0.1) is 0 Å². The molecule has 3 rings (SSSR count). The average molecular weight is 387 g/mol. The molecular formula is C13H6BrCl2N3O2. The molecule has 0 bridgehead atoms. The van der Waals surface area contributed by atoms with Crippen LogP contribution in [-0.4, -0.2) is 25.7 Å². The second-order valence-corrected chi connectivity index (χ2v) is 5.90. The van der Waals surface area contributed by atoms with E-state index in [-0.39, 0.29) is 10.6 Å². The van der Waals surface area contributed by atoms with Crippen LogP contribution in [0.1, 0.15) is 10.4 Å². The maximum Gasteiger partial charge on any atom is 0.337 e. The molecule has 0 radical (unpaired) electrons. The van der Waals surface area contributed by atoms with Gasteiger partial charge in [0.2, 0.25) is 0 Å². The van der Waals surface area contributed by atoms with E-state index in [4.69, 9.17) is 28.3 Å². The number of nitrogens with zero attached hydrogens (tertiary/aromatic N) is 3. The van der Waals surface area contributed by atoms with Crippen molar-refractivity contribution in [1.29, 1.82) is 0 Å². The number of aromatic nitrogens is 3. The number of rotatable bonds is 2.